The predicted molar refractivity (Wildman–Crippen MR) is 85.0 cm³/mol. The number of rotatable bonds is 6. The van der Waals surface area contributed by atoms with E-state index in [1.165, 1.54) is 55.5 Å². The minimum atomic E-state index is -2.08. The van der Waals surface area contributed by atoms with Crippen LogP contribution < -0.4 is 5.11 Å². The molecule has 2 aromatic carbocycles. The number of diazo groups is 1. The Labute approximate surface area is 142 Å². The number of nitro benzene ring substituents is 1. The van der Waals surface area contributed by atoms with Gasteiger partial charge in [-0.05, 0) is 18.2 Å². The van der Waals surface area contributed by atoms with E-state index in [2.05, 4.69) is 4.98 Å². The molecule has 0 aliphatic rings. The lowest BCUT2D eigenvalue weighted by molar-refractivity contribution is -0.384. The summed E-state index contributed by atoms with van der Waals surface area (Å²) >= 11 is 0. The Morgan fingerprint density at radius 1 is 1.16 bits per heavy atom. The zero-order valence-electron chi connectivity index (χ0n) is 13.2. The van der Waals surface area contributed by atoms with Crippen molar-refractivity contribution >= 4 is 17.4 Å². The van der Waals surface area contributed by atoms with Crippen LogP contribution in [-0.2, 0) is 10.3 Å². The van der Waals surface area contributed by atoms with E-state index in [1.807, 2.05) is 0 Å². The Hall–Kier alpha value is -3.60. The minimum Gasteiger partial charge on any atom is -0.542 e. The smallest absolute Gasteiger partial charge is 0.387 e. The normalized spacial score (nSPS) is 12.6. The molecule has 0 radical (unpaired) electrons. The molecule has 2 aromatic rings. The molecular weight excluding hydrogens is 326 g/mol. The molecule has 8 nitrogen and oxygen atoms in total. The van der Waals surface area contributed by atoms with E-state index in [4.69, 9.17) is 0 Å². The Balaban J connectivity index is 2.57. The van der Waals surface area contributed by atoms with Gasteiger partial charge in [0.2, 0.25) is 5.39 Å². The molecule has 0 bridgehead atoms. The summed E-state index contributed by atoms with van der Waals surface area (Å²) in [5, 5.41) is 31.6. The van der Waals surface area contributed by atoms with Crippen LogP contribution in [0.15, 0.2) is 48.5 Å². The van der Waals surface area contributed by atoms with Crippen LogP contribution in [0.2, 0.25) is 0 Å². The van der Waals surface area contributed by atoms with Gasteiger partial charge in [-0.25, -0.2) is 0 Å². The SMILES string of the molecule is CCC([N+]#N)(C(=O)[O-])c1ccccc1C(=O)c1ccc([N+](=O)[O-])cc1. The molecule has 1 unspecified atom stereocenters. The maximum atomic E-state index is 12.7. The van der Waals surface area contributed by atoms with E-state index >= 15 is 0 Å². The molecule has 25 heavy (non-hydrogen) atoms. The van der Waals surface area contributed by atoms with Crippen LogP contribution in [-0.4, -0.2) is 16.7 Å². The number of hydrogen-bond donors (Lipinski definition) is 0. The third-order valence-corrected chi connectivity index (χ3v) is 3.98. The highest BCUT2D eigenvalue weighted by Crippen LogP contribution is 2.33. The number of nitro groups is 1. The molecule has 0 amide bonds. The van der Waals surface area contributed by atoms with Gasteiger partial charge in [0, 0.05) is 29.7 Å². The molecule has 0 saturated carbocycles. The van der Waals surface area contributed by atoms with Crippen LogP contribution in [0.25, 0.3) is 4.98 Å². The topological polar surface area (TPSA) is 128 Å². The number of carboxylic acid groups (broad SMARTS) is 1. The number of benzene rings is 2. The van der Waals surface area contributed by atoms with Gasteiger partial charge in [0.1, 0.15) is 10.9 Å². The highest BCUT2D eigenvalue weighted by molar-refractivity contribution is 6.11. The molecule has 2 rings (SSSR count). The Kier molecular flexibility index (Phi) is 4.89. The first-order valence-electron chi connectivity index (χ1n) is 7.33. The van der Waals surface area contributed by atoms with Gasteiger partial charge >= 0.3 is 5.54 Å². The average Bonchev–Trinajstić information content (AvgIpc) is 2.63. The van der Waals surface area contributed by atoms with E-state index in [9.17, 15) is 30.2 Å². The monoisotopic (exact) mass is 339 g/mol. The van der Waals surface area contributed by atoms with E-state index in [0.29, 0.717) is 0 Å². The van der Waals surface area contributed by atoms with Gasteiger partial charge in [-0.15, -0.1) is 0 Å². The highest BCUT2D eigenvalue weighted by Gasteiger charge is 2.49. The van der Waals surface area contributed by atoms with E-state index in [0.717, 1.165) is 0 Å². The van der Waals surface area contributed by atoms with Crippen molar-refractivity contribution in [3.63, 3.8) is 0 Å². The van der Waals surface area contributed by atoms with Crippen molar-refractivity contribution in [1.29, 1.82) is 5.39 Å². The molecule has 8 heteroatoms. The number of hydrogen-bond acceptors (Lipinski definition) is 6. The zero-order chi connectivity index (χ0) is 18.6. The fourth-order valence-corrected chi connectivity index (χ4v) is 2.54. The molecule has 0 heterocycles. The summed E-state index contributed by atoms with van der Waals surface area (Å²) in [6, 6.07) is 10.7. The molecule has 0 spiro atoms. The number of carboxylic acids is 1. The lowest BCUT2D eigenvalue weighted by Gasteiger charge is -2.18. The number of carbonyl (C=O) groups is 2. The first-order chi connectivity index (χ1) is 11.9. The van der Waals surface area contributed by atoms with Gasteiger partial charge < -0.3 is 9.90 Å². The molecular formula is C17H13N3O5. The lowest BCUT2D eigenvalue weighted by atomic mass is 9.83. The Bertz CT molecular complexity index is 886. The largest absolute Gasteiger partial charge is 0.542 e. The van der Waals surface area contributed by atoms with Crippen molar-refractivity contribution < 1.29 is 19.6 Å². The van der Waals surface area contributed by atoms with Crippen molar-refractivity contribution in [1.82, 2.24) is 0 Å². The maximum absolute atomic E-state index is 12.7. The second kappa shape index (κ2) is 6.88. The number of non-ortho nitro benzene ring substituents is 1. The van der Waals surface area contributed by atoms with Crippen LogP contribution in [0.4, 0.5) is 5.69 Å². The molecule has 0 aromatic heterocycles. The number of ketones is 1. The van der Waals surface area contributed by atoms with Crippen LogP contribution in [0.3, 0.4) is 0 Å². The lowest BCUT2D eigenvalue weighted by Crippen LogP contribution is -2.44. The van der Waals surface area contributed by atoms with Gasteiger partial charge in [-0.3, -0.25) is 14.9 Å². The van der Waals surface area contributed by atoms with Crippen LogP contribution in [0.1, 0.15) is 34.8 Å². The molecule has 126 valence electrons. The van der Waals surface area contributed by atoms with E-state index in [1.54, 1.807) is 0 Å². The average molecular weight is 339 g/mol. The zero-order valence-corrected chi connectivity index (χ0v) is 13.2. The van der Waals surface area contributed by atoms with Gasteiger partial charge in [0.25, 0.3) is 5.69 Å². The highest BCUT2D eigenvalue weighted by atomic mass is 16.6. The molecule has 0 aliphatic carbocycles. The number of aliphatic carboxylic acids is 1. The standard InChI is InChI=1S/C17H13N3O5/c1-2-17(19-18,16(22)23)14-6-4-3-5-13(14)15(21)11-7-9-12(10-8-11)20(24)25/h3-10H,2H2,1H3. The van der Waals surface area contributed by atoms with Crippen molar-refractivity contribution in [2.45, 2.75) is 18.9 Å². The summed E-state index contributed by atoms with van der Waals surface area (Å²) < 4.78 is 0. The van der Waals surface area contributed by atoms with Crippen molar-refractivity contribution in [2.24, 2.45) is 0 Å². The quantitative estimate of drug-likeness (QED) is 0.343. The predicted octanol–water partition coefficient (Wildman–Crippen LogP) is 2.03. The fraction of sp³-hybridized carbons (Fsp3) is 0.176. The van der Waals surface area contributed by atoms with Gasteiger partial charge in [-0.1, -0.05) is 25.1 Å². The summed E-state index contributed by atoms with van der Waals surface area (Å²) in [6.45, 7) is 1.49. The summed E-state index contributed by atoms with van der Waals surface area (Å²) in [7, 11) is 0. The molecule has 1 atom stereocenters. The molecule has 0 saturated heterocycles. The summed E-state index contributed by atoms with van der Waals surface area (Å²) in [4.78, 5) is 37.4. The molecule has 0 aliphatic heterocycles. The first-order valence-corrected chi connectivity index (χ1v) is 7.33. The Morgan fingerprint density at radius 2 is 1.76 bits per heavy atom. The van der Waals surface area contributed by atoms with Gasteiger partial charge in [0.05, 0.1) is 10.5 Å². The molecule has 0 N–H and O–H groups in total. The van der Waals surface area contributed by atoms with E-state index in [-0.39, 0.29) is 28.8 Å². The van der Waals surface area contributed by atoms with Gasteiger partial charge in [0.15, 0.2) is 5.78 Å². The number of nitrogens with zero attached hydrogens (tertiary/aromatic N) is 3. The third-order valence-electron chi connectivity index (χ3n) is 3.98. The van der Waals surface area contributed by atoms with Crippen molar-refractivity contribution in [3.8, 4) is 0 Å². The van der Waals surface area contributed by atoms with Gasteiger partial charge in [-0.2, -0.15) is 0 Å². The second-order valence-electron chi connectivity index (χ2n) is 5.28. The van der Waals surface area contributed by atoms with Crippen molar-refractivity contribution in [2.75, 3.05) is 0 Å². The fourth-order valence-electron chi connectivity index (χ4n) is 2.54. The Morgan fingerprint density at radius 3 is 2.24 bits per heavy atom. The summed E-state index contributed by atoms with van der Waals surface area (Å²) in [5.41, 5.74) is -2.11. The second-order valence-corrected chi connectivity index (χ2v) is 5.28. The van der Waals surface area contributed by atoms with Crippen LogP contribution >= 0.6 is 0 Å². The van der Waals surface area contributed by atoms with Crippen molar-refractivity contribution in [3.05, 3.63) is 80.3 Å². The van der Waals surface area contributed by atoms with E-state index < -0.39 is 22.2 Å². The molecule has 0 fully saturated rings. The summed E-state index contributed by atoms with van der Waals surface area (Å²) in [5.74, 6) is -2.19. The van der Waals surface area contributed by atoms with Crippen LogP contribution in [0, 0.1) is 15.5 Å². The third kappa shape index (κ3) is 3.07. The minimum absolute atomic E-state index is 0.0108. The van der Waals surface area contributed by atoms with Crippen LogP contribution in [0.5, 0.6) is 0 Å². The first kappa shape index (κ1) is 17.7. The summed E-state index contributed by atoms with van der Waals surface area (Å²) in [6.07, 6.45) is -0.129. The number of carbonyl (C=O) groups excluding carboxylic acids is 2. The maximum Gasteiger partial charge on any atom is 0.387 e.